The van der Waals surface area contributed by atoms with E-state index in [0.717, 1.165) is 0 Å². The van der Waals surface area contributed by atoms with Crippen molar-refractivity contribution in [1.29, 1.82) is 0 Å². The summed E-state index contributed by atoms with van der Waals surface area (Å²) in [6.45, 7) is 6.02. The Hall–Kier alpha value is -1.03. The third kappa shape index (κ3) is 1.83. The minimum absolute atomic E-state index is 0.248. The normalized spacial score (nSPS) is 20.5. The van der Waals surface area contributed by atoms with Gasteiger partial charge in [0, 0.05) is 0 Å². The van der Waals surface area contributed by atoms with E-state index in [4.69, 9.17) is 15.2 Å². The van der Waals surface area contributed by atoms with E-state index in [2.05, 4.69) is 0 Å². The number of hydrogen-bond donors (Lipinski definition) is 1. The van der Waals surface area contributed by atoms with Gasteiger partial charge in [0.1, 0.15) is 5.60 Å². The second-order valence-corrected chi connectivity index (χ2v) is 3.41. The Bertz CT molecular complexity index is 256. The summed E-state index contributed by atoms with van der Waals surface area (Å²) in [6.07, 6.45) is 0. The average Bonchev–Trinajstić information content (AvgIpc) is 2.28. The molecule has 1 aliphatic rings. The highest BCUT2D eigenvalue weighted by atomic mass is 16.5. The maximum absolute atomic E-state index is 11.3. The number of rotatable bonds is 2. The molecule has 0 aliphatic carbocycles. The van der Waals surface area contributed by atoms with Crippen LogP contribution in [0.5, 0.6) is 0 Å². The smallest absolute Gasteiger partial charge is 0.338 e. The van der Waals surface area contributed by atoms with E-state index in [1.165, 1.54) is 0 Å². The zero-order valence-corrected chi connectivity index (χ0v) is 8.22. The second kappa shape index (κ2) is 3.38. The van der Waals surface area contributed by atoms with Crippen LogP contribution in [0.3, 0.4) is 0 Å². The summed E-state index contributed by atoms with van der Waals surface area (Å²) >= 11 is 0. The molecule has 0 aromatic heterocycles. The van der Waals surface area contributed by atoms with Crippen molar-refractivity contribution in [1.82, 2.24) is 0 Å². The van der Waals surface area contributed by atoms with Gasteiger partial charge in [0.25, 0.3) is 0 Å². The maximum atomic E-state index is 11.3. The molecule has 0 spiro atoms. The Morgan fingerprint density at radius 2 is 2.31 bits per heavy atom. The summed E-state index contributed by atoms with van der Waals surface area (Å²) in [7, 11) is 0. The van der Waals surface area contributed by atoms with Crippen LogP contribution < -0.4 is 5.73 Å². The van der Waals surface area contributed by atoms with Crippen LogP contribution in [-0.2, 0) is 14.3 Å². The van der Waals surface area contributed by atoms with Gasteiger partial charge >= 0.3 is 5.97 Å². The van der Waals surface area contributed by atoms with E-state index in [0.29, 0.717) is 17.9 Å². The molecule has 13 heavy (non-hydrogen) atoms. The highest BCUT2D eigenvalue weighted by Crippen LogP contribution is 2.27. The molecule has 0 saturated heterocycles. The van der Waals surface area contributed by atoms with Crippen molar-refractivity contribution in [3.63, 3.8) is 0 Å². The summed E-state index contributed by atoms with van der Waals surface area (Å²) in [6, 6.07) is 0. The third-order valence-electron chi connectivity index (χ3n) is 2.07. The van der Waals surface area contributed by atoms with Crippen LogP contribution in [0, 0.1) is 0 Å². The number of carbonyl (C=O) groups excluding carboxylic acids is 1. The zero-order chi connectivity index (χ0) is 10.1. The molecule has 2 N–H and O–H groups in total. The molecule has 74 valence electrons. The van der Waals surface area contributed by atoms with Crippen LogP contribution in [-0.4, -0.2) is 24.8 Å². The molecule has 1 aliphatic heterocycles. The summed E-state index contributed by atoms with van der Waals surface area (Å²) in [5.41, 5.74) is 6.13. The lowest BCUT2D eigenvalue weighted by atomic mass is 10.0. The predicted octanol–water partition coefficient (Wildman–Crippen LogP) is 0.571. The molecule has 0 saturated carbocycles. The van der Waals surface area contributed by atoms with Crippen molar-refractivity contribution in [2.45, 2.75) is 26.4 Å². The number of nitrogens with two attached hydrogens (primary N) is 1. The minimum atomic E-state index is -0.540. The van der Waals surface area contributed by atoms with E-state index in [1.807, 2.05) is 13.8 Å². The monoisotopic (exact) mass is 185 g/mol. The molecule has 1 heterocycles. The van der Waals surface area contributed by atoms with E-state index in [9.17, 15) is 4.79 Å². The average molecular weight is 185 g/mol. The van der Waals surface area contributed by atoms with Gasteiger partial charge < -0.3 is 15.2 Å². The van der Waals surface area contributed by atoms with Crippen LogP contribution >= 0.6 is 0 Å². The summed E-state index contributed by atoms with van der Waals surface area (Å²) < 4.78 is 10.2. The van der Waals surface area contributed by atoms with Crippen molar-refractivity contribution < 1.29 is 14.3 Å². The molecule has 0 fully saturated rings. The number of carbonyl (C=O) groups is 1. The number of esters is 1. The largest absolute Gasteiger partial charge is 0.463 e. The lowest BCUT2D eigenvalue weighted by Crippen LogP contribution is -2.27. The molecule has 0 bridgehead atoms. The Balaban J connectivity index is 2.82. The SMILES string of the molecule is CCOC(=O)C1=C(N)C(C)(C)OC1. The van der Waals surface area contributed by atoms with Gasteiger partial charge in [0.05, 0.1) is 24.5 Å². The Morgan fingerprint density at radius 3 is 2.69 bits per heavy atom. The Kier molecular flexibility index (Phi) is 2.61. The molecule has 4 heteroatoms. The van der Waals surface area contributed by atoms with Crippen molar-refractivity contribution in [2.75, 3.05) is 13.2 Å². The topological polar surface area (TPSA) is 61.5 Å². The lowest BCUT2D eigenvalue weighted by Gasteiger charge is -2.17. The first-order chi connectivity index (χ1) is 5.99. The van der Waals surface area contributed by atoms with Gasteiger partial charge in [-0.3, -0.25) is 0 Å². The van der Waals surface area contributed by atoms with Gasteiger partial charge in [-0.15, -0.1) is 0 Å². The lowest BCUT2D eigenvalue weighted by molar-refractivity contribution is -0.138. The Morgan fingerprint density at radius 1 is 1.69 bits per heavy atom. The molecule has 0 unspecified atom stereocenters. The minimum Gasteiger partial charge on any atom is -0.463 e. The molecule has 0 amide bonds. The van der Waals surface area contributed by atoms with Crippen LogP contribution in [0.2, 0.25) is 0 Å². The van der Waals surface area contributed by atoms with Gasteiger partial charge in [0.15, 0.2) is 0 Å². The first-order valence-electron chi connectivity index (χ1n) is 4.29. The highest BCUT2D eigenvalue weighted by Gasteiger charge is 2.35. The molecule has 0 aromatic carbocycles. The van der Waals surface area contributed by atoms with Crippen molar-refractivity contribution in [3.05, 3.63) is 11.3 Å². The van der Waals surface area contributed by atoms with Gasteiger partial charge in [-0.2, -0.15) is 0 Å². The van der Waals surface area contributed by atoms with Gasteiger partial charge in [-0.05, 0) is 20.8 Å². The number of hydrogen-bond acceptors (Lipinski definition) is 4. The van der Waals surface area contributed by atoms with E-state index < -0.39 is 5.60 Å². The fourth-order valence-corrected chi connectivity index (χ4v) is 1.16. The Labute approximate surface area is 77.7 Å². The van der Waals surface area contributed by atoms with Crippen LogP contribution in [0.25, 0.3) is 0 Å². The van der Waals surface area contributed by atoms with Crippen LogP contribution in [0.1, 0.15) is 20.8 Å². The quantitative estimate of drug-likeness (QED) is 0.639. The fourth-order valence-electron chi connectivity index (χ4n) is 1.16. The highest BCUT2D eigenvalue weighted by molar-refractivity contribution is 5.90. The molecular weight excluding hydrogens is 170 g/mol. The van der Waals surface area contributed by atoms with Gasteiger partial charge in [0.2, 0.25) is 0 Å². The van der Waals surface area contributed by atoms with E-state index >= 15 is 0 Å². The molecule has 1 rings (SSSR count). The van der Waals surface area contributed by atoms with Crippen LogP contribution in [0.15, 0.2) is 11.3 Å². The fraction of sp³-hybridized carbons (Fsp3) is 0.667. The summed E-state index contributed by atoms with van der Waals surface area (Å²) in [5, 5.41) is 0. The summed E-state index contributed by atoms with van der Waals surface area (Å²) in [4.78, 5) is 11.3. The second-order valence-electron chi connectivity index (χ2n) is 3.41. The standard InChI is InChI=1S/C9H15NO3/c1-4-12-8(11)6-5-13-9(2,3)7(6)10/h4-5,10H2,1-3H3. The first-order valence-corrected chi connectivity index (χ1v) is 4.29. The van der Waals surface area contributed by atoms with Gasteiger partial charge in [-0.1, -0.05) is 0 Å². The first kappa shape index (κ1) is 10.1. The molecule has 0 atom stereocenters. The molecule has 0 radical (unpaired) electrons. The van der Waals surface area contributed by atoms with Crippen molar-refractivity contribution in [2.24, 2.45) is 5.73 Å². The van der Waals surface area contributed by atoms with Gasteiger partial charge in [-0.25, -0.2) is 4.79 Å². The number of ether oxygens (including phenoxy) is 2. The summed E-state index contributed by atoms with van der Waals surface area (Å²) in [5.74, 6) is -0.370. The molecule has 4 nitrogen and oxygen atoms in total. The zero-order valence-electron chi connectivity index (χ0n) is 8.22. The third-order valence-corrected chi connectivity index (χ3v) is 2.07. The van der Waals surface area contributed by atoms with E-state index in [-0.39, 0.29) is 12.6 Å². The van der Waals surface area contributed by atoms with E-state index in [1.54, 1.807) is 6.92 Å². The molecule has 0 aromatic rings. The van der Waals surface area contributed by atoms with Crippen molar-refractivity contribution in [3.8, 4) is 0 Å². The van der Waals surface area contributed by atoms with Crippen LogP contribution in [0.4, 0.5) is 0 Å². The maximum Gasteiger partial charge on any atom is 0.338 e. The predicted molar refractivity (Wildman–Crippen MR) is 47.9 cm³/mol. The van der Waals surface area contributed by atoms with Crippen molar-refractivity contribution >= 4 is 5.97 Å². The molecular formula is C9H15NO3.